The number of amides is 2. The van der Waals surface area contributed by atoms with Crippen LogP contribution in [0.15, 0.2) is 40.4 Å². The van der Waals surface area contributed by atoms with Gasteiger partial charge in [-0.25, -0.2) is 4.98 Å². The van der Waals surface area contributed by atoms with Crippen LogP contribution in [-0.4, -0.2) is 34.9 Å². The van der Waals surface area contributed by atoms with Gasteiger partial charge in [-0.2, -0.15) is 0 Å². The van der Waals surface area contributed by atoms with Gasteiger partial charge >= 0.3 is 0 Å². The molecule has 1 heterocycles. The summed E-state index contributed by atoms with van der Waals surface area (Å²) in [5, 5.41) is 5.92. The van der Waals surface area contributed by atoms with Crippen molar-refractivity contribution in [2.45, 2.75) is 19.0 Å². The van der Waals surface area contributed by atoms with Crippen LogP contribution in [0.2, 0.25) is 0 Å². The van der Waals surface area contributed by atoms with E-state index in [1.54, 1.807) is 0 Å². The summed E-state index contributed by atoms with van der Waals surface area (Å²) in [5.41, 5.74) is 1.71. The van der Waals surface area contributed by atoms with Crippen LogP contribution < -0.4 is 10.6 Å². The van der Waals surface area contributed by atoms with Gasteiger partial charge in [-0.15, -0.1) is 0 Å². The van der Waals surface area contributed by atoms with E-state index in [2.05, 4.69) is 20.6 Å². The van der Waals surface area contributed by atoms with Crippen molar-refractivity contribution in [3.8, 4) is 0 Å². The molecular weight excluding hydrogens is 300 g/mol. The second kappa shape index (κ2) is 7.65. The number of hydrogen-bond acceptors (Lipinski definition) is 4. The van der Waals surface area contributed by atoms with E-state index in [0.717, 1.165) is 22.8 Å². The van der Waals surface area contributed by atoms with Crippen LogP contribution in [0.3, 0.4) is 0 Å². The number of hydrogen-bond donors (Lipinski definition) is 3. The highest BCUT2D eigenvalue weighted by atomic mass is 32.2. The Hall–Kier alpha value is -2.28. The van der Waals surface area contributed by atoms with Crippen molar-refractivity contribution in [1.82, 2.24) is 20.6 Å². The molecular formula is C15H18N4O2S. The van der Waals surface area contributed by atoms with Crippen LogP contribution in [0.1, 0.15) is 13.8 Å². The zero-order valence-corrected chi connectivity index (χ0v) is 13.3. The van der Waals surface area contributed by atoms with Crippen LogP contribution >= 0.6 is 11.8 Å². The fourth-order valence-electron chi connectivity index (χ4n) is 1.82. The number of likely N-dealkylation sites (N-methyl/N-ethyl adjacent to an activating group) is 2. The van der Waals surface area contributed by atoms with E-state index in [9.17, 15) is 9.59 Å². The first-order valence-electron chi connectivity index (χ1n) is 7.04. The first-order chi connectivity index (χ1) is 10.6. The number of carbonyl (C=O) groups is 2. The van der Waals surface area contributed by atoms with Gasteiger partial charge in [-0.1, -0.05) is 12.1 Å². The summed E-state index contributed by atoms with van der Waals surface area (Å²) >= 11 is 1.14. The van der Waals surface area contributed by atoms with Gasteiger partial charge in [0.15, 0.2) is 5.16 Å². The number of nitrogens with zero attached hydrogens (tertiary/aromatic N) is 1. The molecule has 6 nitrogen and oxygen atoms in total. The van der Waals surface area contributed by atoms with Crippen molar-refractivity contribution >= 4 is 34.6 Å². The molecule has 0 aliphatic carbocycles. The molecule has 7 heteroatoms. The smallest absolute Gasteiger partial charge is 0.258 e. The van der Waals surface area contributed by atoms with Crippen LogP contribution in [0, 0.1) is 0 Å². The number of para-hydroxylation sites is 2. The first-order valence-corrected chi connectivity index (χ1v) is 7.86. The molecule has 2 amide bonds. The van der Waals surface area contributed by atoms with Gasteiger partial charge < -0.3 is 15.6 Å². The molecule has 0 atom stereocenters. The van der Waals surface area contributed by atoms with E-state index in [1.165, 1.54) is 6.08 Å². The van der Waals surface area contributed by atoms with Gasteiger partial charge in [-0.3, -0.25) is 9.59 Å². The van der Waals surface area contributed by atoms with Crippen molar-refractivity contribution in [3.63, 3.8) is 0 Å². The average molecular weight is 318 g/mol. The molecule has 0 saturated carbocycles. The number of thioether (sulfide) groups is 1. The molecule has 0 aliphatic rings. The maximum absolute atomic E-state index is 12.1. The number of nitrogens with one attached hydrogen (secondary N) is 3. The van der Waals surface area contributed by atoms with Crippen molar-refractivity contribution < 1.29 is 9.59 Å². The minimum absolute atomic E-state index is 0.292. The lowest BCUT2D eigenvalue weighted by Crippen LogP contribution is -2.26. The lowest BCUT2D eigenvalue weighted by molar-refractivity contribution is -0.118. The van der Waals surface area contributed by atoms with Gasteiger partial charge in [0.25, 0.3) is 5.91 Å². The summed E-state index contributed by atoms with van der Waals surface area (Å²) in [6.45, 7) is 4.65. The molecule has 0 fully saturated rings. The van der Waals surface area contributed by atoms with Crippen molar-refractivity contribution in [2.24, 2.45) is 0 Å². The normalized spacial score (nSPS) is 11.5. The minimum Gasteiger partial charge on any atom is -0.353 e. The fourth-order valence-corrected chi connectivity index (χ4v) is 2.66. The second-order valence-electron chi connectivity index (χ2n) is 4.42. The number of rotatable bonds is 6. The summed E-state index contributed by atoms with van der Waals surface area (Å²) < 4.78 is 0. The number of benzene rings is 1. The number of fused-ring (bicyclic) bond motifs is 1. The SMILES string of the molecule is CCNC(=O)/C=C(\Sc1nc2ccccc2[nH]1)C(=O)NCC. The highest BCUT2D eigenvalue weighted by Crippen LogP contribution is 2.26. The summed E-state index contributed by atoms with van der Waals surface area (Å²) in [4.78, 5) is 31.6. The molecule has 2 rings (SSSR count). The molecule has 1 aromatic heterocycles. The van der Waals surface area contributed by atoms with E-state index in [-0.39, 0.29) is 11.8 Å². The monoisotopic (exact) mass is 318 g/mol. The van der Waals surface area contributed by atoms with E-state index >= 15 is 0 Å². The zero-order valence-electron chi connectivity index (χ0n) is 12.5. The molecule has 116 valence electrons. The molecule has 1 aromatic carbocycles. The number of carbonyl (C=O) groups excluding carboxylic acids is 2. The molecule has 0 spiro atoms. The maximum Gasteiger partial charge on any atom is 0.258 e. The van der Waals surface area contributed by atoms with Gasteiger partial charge in [0.2, 0.25) is 5.91 Å². The minimum atomic E-state index is -0.299. The summed E-state index contributed by atoms with van der Waals surface area (Å²) in [7, 11) is 0. The molecule has 0 aliphatic heterocycles. The highest BCUT2D eigenvalue weighted by molar-refractivity contribution is 8.03. The fraction of sp³-hybridized carbons (Fsp3) is 0.267. The van der Waals surface area contributed by atoms with Crippen molar-refractivity contribution in [2.75, 3.05) is 13.1 Å². The third kappa shape index (κ3) is 4.11. The van der Waals surface area contributed by atoms with E-state index in [1.807, 2.05) is 38.1 Å². The maximum atomic E-state index is 12.1. The van der Waals surface area contributed by atoms with Crippen molar-refractivity contribution in [1.29, 1.82) is 0 Å². The zero-order chi connectivity index (χ0) is 15.9. The Bertz CT molecular complexity index is 675. The Balaban J connectivity index is 2.24. The second-order valence-corrected chi connectivity index (χ2v) is 5.45. The molecule has 3 N–H and O–H groups in total. The predicted molar refractivity (Wildman–Crippen MR) is 87.4 cm³/mol. The Morgan fingerprint density at radius 3 is 2.64 bits per heavy atom. The number of aromatic amines is 1. The van der Waals surface area contributed by atoms with Gasteiger partial charge in [0.1, 0.15) is 0 Å². The summed E-state index contributed by atoms with van der Waals surface area (Å²) in [6, 6.07) is 7.60. The third-order valence-electron chi connectivity index (χ3n) is 2.75. The van der Waals surface area contributed by atoms with Crippen LogP contribution in [-0.2, 0) is 9.59 Å². The highest BCUT2D eigenvalue weighted by Gasteiger charge is 2.15. The topological polar surface area (TPSA) is 86.9 Å². The third-order valence-corrected chi connectivity index (χ3v) is 3.66. The summed E-state index contributed by atoms with van der Waals surface area (Å²) in [5.74, 6) is -0.591. The molecule has 22 heavy (non-hydrogen) atoms. The van der Waals surface area contributed by atoms with E-state index in [0.29, 0.717) is 23.2 Å². The van der Waals surface area contributed by atoms with E-state index < -0.39 is 0 Å². The lowest BCUT2D eigenvalue weighted by atomic mass is 10.3. The Morgan fingerprint density at radius 1 is 1.23 bits per heavy atom. The molecule has 0 bridgehead atoms. The first kappa shape index (κ1) is 16.1. The van der Waals surface area contributed by atoms with Gasteiger partial charge in [-0.05, 0) is 37.7 Å². The van der Waals surface area contributed by atoms with Crippen LogP contribution in [0.4, 0.5) is 0 Å². The number of aromatic nitrogens is 2. The Labute approximate surface area is 132 Å². The Morgan fingerprint density at radius 2 is 1.95 bits per heavy atom. The quantitative estimate of drug-likeness (QED) is 0.560. The van der Waals surface area contributed by atoms with Crippen LogP contribution in [0.25, 0.3) is 11.0 Å². The largest absolute Gasteiger partial charge is 0.353 e. The van der Waals surface area contributed by atoms with Crippen LogP contribution in [0.5, 0.6) is 0 Å². The standard InChI is InChI=1S/C15H18N4O2S/c1-3-16-13(20)9-12(14(21)17-4-2)22-15-18-10-7-5-6-8-11(10)19-15/h5-9H,3-4H2,1-2H3,(H,16,20)(H,17,21)(H,18,19)/b12-9-. The summed E-state index contributed by atoms with van der Waals surface area (Å²) in [6.07, 6.45) is 1.30. The van der Waals surface area contributed by atoms with Gasteiger partial charge in [0, 0.05) is 19.2 Å². The van der Waals surface area contributed by atoms with Crippen molar-refractivity contribution in [3.05, 3.63) is 35.2 Å². The molecule has 0 saturated heterocycles. The van der Waals surface area contributed by atoms with E-state index in [4.69, 9.17) is 0 Å². The molecule has 0 radical (unpaired) electrons. The number of H-pyrrole nitrogens is 1. The average Bonchev–Trinajstić information content (AvgIpc) is 2.89. The molecule has 0 unspecified atom stereocenters. The lowest BCUT2D eigenvalue weighted by Gasteiger charge is -2.05. The Kier molecular flexibility index (Phi) is 5.60. The number of imidazole rings is 1. The molecule has 2 aromatic rings. The predicted octanol–water partition coefficient (Wildman–Crippen LogP) is 1.81. The van der Waals surface area contributed by atoms with Gasteiger partial charge in [0.05, 0.1) is 15.9 Å².